The summed E-state index contributed by atoms with van der Waals surface area (Å²) in [5, 5.41) is 8.24. The number of carboxylic acid groups (broad SMARTS) is 1. The van der Waals surface area contributed by atoms with Crippen LogP contribution in [0.1, 0.15) is 0 Å². The Morgan fingerprint density at radius 2 is 2.08 bits per heavy atom. The number of nitrogens with two attached hydrogens (primary N) is 1. The monoisotopic (exact) mass is 195 g/mol. The minimum absolute atomic E-state index is 0.492. The van der Waals surface area contributed by atoms with Gasteiger partial charge in [-0.2, -0.15) is 0 Å². The zero-order chi connectivity index (χ0) is 9.78. The van der Waals surface area contributed by atoms with E-state index in [-0.39, 0.29) is 0 Å². The molecule has 0 aliphatic carbocycles. The highest BCUT2D eigenvalue weighted by atomic mass is 31.2. The van der Waals surface area contributed by atoms with Gasteiger partial charge in [0.15, 0.2) is 0 Å². The van der Waals surface area contributed by atoms with E-state index in [9.17, 15) is 9.36 Å². The molecule has 5 N–H and O–H groups in total. The summed E-state index contributed by atoms with van der Waals surface area (Å²) in [6.07, 6.45) is 1.59. The zero-order valence-electron chi connectivity index (χ0n) is 6.12. The molecule has 0 heterocycles. The Labute approximate surface area is 68.9 Å². The van der Waals surface area contributed by atoms with Gasteiger partial charge in [0.05, 0.1) is 6.16 Å². The second-order valence-corrected chi connectivity index (χ2v) is 3.83. The summed E-state index contributed by atoms with van der Waals surface area (Å²) in [5.41, 5.74) is 5.01. The molecule has 0 rings (SSSR count). The maximum Gasteiger partial charge on any atom is 0.329 e. The standard InChI is InChI=1S/C5H10NO5P/c6-4(5(7)8)2-1-3-12(9,10)11/h1-2,4H,3,6H2,(H,7,8)(H2,9,10,11)/t4-/m0/s1. The molecule has 0 spiro atoms. The smallest absolute Gasteiger partial charge is 0.329 e. The number of hydrogen-bond acceptors (Lipinski definition) is 3. The number of carboxylic acids is 1. The van der Waals surface area contributed by atoms with Crippen LogP contribution >= 0.6 is 7.60 Å². The third-order valence-electron chi connectivity index (χ3n) is 0.972. The summed E-state index contributed by atoms with van der Waals surface area (Å²) < 4.78 is 10.2. The highest BCUT2D eigenvalue weighted by Gasteiger charge is 2.10. The Morgan fingerprint density at radius 1 is 1.58 bits per heavy atom. The van der Waals surface area contributed by atoms with Crippen molar-refractivity contribution < 1.29 is 24.3 Å². The summed E-state index contributed by atoms with van der Waals surface area (Å²) in [6, 6.07) is -1.21. The molecule has 0 aromatic carbocycles. The van der Waals surface area contributed by atoms with E-state index >= 15 is 0 Å². The van der Waals surface area contributed by atoms with Crippen molar-refractivity contribution in [2.24, 2.45) is 5.73 Å². The van der Waals surface area contributed by atoms with Gasteiger partial charge in [-0.25, -0.2) is 0 Å². The van der Waals surface area contributed by atoms with Crippen LogP contribution in [0.5, 0.6) is 0 Å². The fraction of sp³-hybridized carbons (Fsp3) is 0.400. The van der Waals surface area contributed by atoms with Crippen LogP contribution in [-0.2, 0) is 9.36 Å². The maximum absolute atomic E-state index is 10.2. The van der Waals surface area contributed by atoms with E-state index in [0.29, 0.717) is 0 Å². The molecule has 0 bridgehead atoms. The van der Waals surface area contributed by atoms with Crippen molar-refractivity contribution in [3.05, 3.63) is 12.2 Å². The van der Waals surface area contributed by atoms with Crippen molar-refractivity contribution in [1.29, 1.82) is 0 Å². The Balaban J connectivity index is 3.93. The molecule has 0 aliphatic heterocycles. The van der Waals surface area contributed by atoms with E-state index in [4.69, 9.17) is 20.6 Å². The summed E-state index contributed by atoms with van der Waals surface area (Å²) in [6.45, 7) is 0. The first-order valence-electron chi connectivity index (χ1n) is 3.02. The molecular weight excluding hydrogens is 185 g/mol. The van der Waals surface area contributed by atoms with Gasteiger partial charge in [0.25, 0.3) is 0 Å². The molecule has 0 amide bonds. The van der Waals surface area contributed by atoms with Gasteiger partial charge >= 0.3 is 13.6 Å². The number of hydrogen-bond donors (Lipinski definition) is 4. The molecule has 1 atom stereocenters. The van der Waals surface area contributed by atoms with Gasteiger partial charge < -0.3 is 20.6 Å². The highest BCUT2D eigenvalue weighted by Crippen LogP contribution is 2.33. The van der Waals surface area contributed by atoms with Gasteiger partial charge in [-0.3, -0.25) is 9.36 Å². The van der Waals surface area contributed by atoms with Gasteiger partial charge in [0.1, 0.15) is 6.04 Å². The molecule has 0 unspecified atom stereocenters. The molecule has 6 nitrogen and oxygen atoms in total. The van der Waals surface area contributed by atoms with Crippen LogP contribution in [-0.4, -0.2) is 33.1 Å². The fourth-order valence-electron chi connectivity index (χ4n) is 0.427. The van der Waals surface area contributed by atoms with Gasteiger partial charge in [-0.05, 0) is 0 Å². The number of allylic oxidation sites excluding steroid dienone is 1. The summed E-state index contributed by atoms with van der Waals surface area (Å²) in [4.78, 5) is 26.8. The average Bonchev–Trinajstić information content (AvgIpc) is 1.84. The van der Waals surface area contributed by atoms with Crippen LogP contribution in [0.4, 0.5) is 0 Å². The lowest BCUT2D eigenvalue weighted by Crippen LogP contribution is -2.27. The largest absolute Gasteiger partial charge is 0.480 e. The molecule has 70 valence electrons. The Kier molecular flexibility index (Phi) is 4.12. The van der Waals surface area contributed by atoms with E-state index < -0.39 is 25.8 Å². The molecule has 12 heavy (non-hydrogen) atoms. The lowest BCUT2D eigenvalue weighted by atomic mass is 10.3. The Morgan fingerprint density at radius 3 is 2.42 bits per heavy atom. The molecular formula is C5H10NO5P. The van der Waals surface area contributed by atoms with E-state index in [0.717, 1.165) is 12.2 Å². The molecule has 0 saturated heterocycles. The minimum Gasteiger partial charge on any atom is -0.480 e. The van der Waals surface area contributed by atoms with Crippen LogP contribution in [0.25, 0.3) is 0 Å². The minimum atomic E-state index is -4.09. The molecule has 0 radical (unpaired) electrons. The molecule has 0 aromatic heterocycles. The molecule has 0 saturated carbocycles. The Bertz CT molecular complexity index is 232. The molecule has 0 aliphatic rings. The van der Waals surface area contributed by atoms with Crippen LogP contribution in [0, 0.1) is 0 Å². The van der Waals surface area contributed by atoms with Crippen LogP contribution in [0.3, 0.4) is 0 Å². The third-order valence-corrected chi connectivity index (χ3v) is 1.66. The lowest BCUT2D eigenvalue weighted by Gasteiger charge is -1.99. The average molecular weight is 195 g/mol. The maximum atomic E-state index is 10.2. The SMILES string of the molecule is N[C@@H](C=CCP(=O)(O)O)C(=O)O. The van der Waals surface area contributed by atoms with Gasteiger partial charge in [-0.15, -0.1) is 0 Å². The first kappa shape index (κ1) is 11.3. The normalized spacial score (nSPS) is 14.9. The predicted octanol–water partition coefficient (Wildman–Crippen LogP) is -0.868. The molecule has 0 aromatic rings. The third kappa shape index (κ3) is 6.06. The van der Waals surface area contributed by atoms with Gasteiger partial charge in [0, 0.05) is 0 Å². The fourth-order valence-corrected chi connectivity index (χ4v) is 0.823. The van der Waals surface area contributed by atoms with Crippen molar-refractivity contribution in [3.8, 4) is 0 Å². The van der Waals surface area contributed by atoms with Crippen LogP contribution in [0.2, 0.25) is 0 Å². The Hall–Kier alpha value is -0.680. The summed E-state index contributed by atoms with van der Waals surface area (Å²) >= 11 is 0. The van der Waals surface area contributed by atoms with E-state index in [1.54, 1.807) is 0 Å². The van der Waals surface area contributed by atoms with Gasteiger partial charge in [-0.1, -0.05) is 12.2 Å². The second kappa shape index (κ2) is 4.37. The molecule has 0 fully saturated rings. The van der Waals surface area contributed by atoms with E-state index in [1.807, 2.05) is 0 Å². The topological polar surface area (TPSA) is 121 Å². The summed E-state index contributed by atoms with van der Waals surface area (Å²) in [5.74, 6) is -1.24. The van der Waals surface area contributed by atoms with Crippen molar-refractivity contribution in [2.75, 3.05) is 6.16 Å². The van der Waals surface area contributed by atoms with Crippen molar-refractivity contribution in [2.45, 2.75) is 6.04 Å². The second-order valence-electron chi connectivity index (χ2n) is 2.14. The first-order valence-corrected chi connectivity index (χ1v) is 4.82. The number of rotatable bonds is 4. The number of aliphatic carboxylic acids is 1. The first-order chi connectivity index (χ1) is 5.33. The van der Waals surface area contributed by atoms with Crippen LogP contribution in [0.15, 0.2) is 12.2 Å². The molecule has 7 heteroatoms. The zero-order valence-corrected chi connectivity index (χ0v) is 7.02. The lowest BCUT2D eigenvalue weighted by molar-refractivity contribution is -0.137. The number of carbonyl (C=O) groups is 1. The van der Waals surface area contributed by atoms with E-state index in [1.165, 1.54) is 0 Å². The van der Waals surface area contributed by atoms with Crippen molar-refractivity contribution in [3.63, 3.8) is 0 Å². The summed E-state index contributed by atoms with van der Waals surface area (Å²) in [7, 11) is -4.09. The van der Waals surface area contributed by atoms with E-state index in [2.05, 4.69) is 0 Å². The predicted molar refractivity (Wildman–Crippen MR) is 41.7 cm³/mol. The highest BCUT2D eigenvalue weighted by molar-refractivity contribution is 7.51. The quantitative estimate of drug-likeness (QED) is 0.342. The van der Waals surface area contributed by atoms with Gasteiger partial charge in [0.2, 0.25) is 0 Å². The van der Waals surface area contributed by atoms with Crippen LogP contribution < -0.4 is 5.73 Å². The van der Waals surface area contributed by atoms with Crippen molar-refractivity contribution in [1.82, 2.24) is 0 Å². The van der Waals surface area contributed by atoms with Crippen molar-refractivity contribution >= 4 is 13.6 Å².